The number of carboxylic acids is 1. The van der Waals surface area contributed by atoms with E-state index in [9.17, 15) is 23.1 Å². The number of aromatic carboxylic acids is 1. The van der Waals surface area contributed by atoms with Crippen molar-refractivity contribution in [3.8, 4) is 28.3 Å². The zero-order chi connectivity index (χ0) is 31.5. The number of anilines is 1. The first-order valence-electron chi connectivity index (χ1n) is 15.2. The van der Waals surface area contributed by atoms with Gasteiger partial charge in [0.2, 0.25) is 0 Å². The van der Waals surface area contributed by atoms with Crippen LogP contribution in [0.15, 0.2) is 59.1 Å². The van der Waals surface area contributed by atoms with Crippen LogP contribution in [0.2, 0.25) is 0 Å². The van der Waals surface area contributed by atoms with Crippen molar-refractivity contribution in [2.45, 2.75) is 89.1 Å². The summed E-state index contributed by atoms with van der Waals surface area (Å²) in [7, 11) is 0. The number of fused-ring (bicyclic) bond motifs is 2. The first-order valence-corrected chi connectivity index (χ1v) is 15.2. The molecule has 236 valence electrons. The number of benzene rings is 2. The molecule has 0 radical (unpaired) electrons. The average molecular weight is 623 g/mol. The van der Waals surface area contributed by atoms with Crippen LogP contribution in [0, 0.1) is 0 Å². The van der Waals surface area contributed by atoms with Crippen LogP contribution in [0.4, 0.5) is 18.9 Å². The van der Waals surface area contributed by atoms with Gasteiger partial charge in [-0.15, -0.1) is 13.2 Å². The van der Waals surface area contributed by atoms with Crippen molar-refractivity contribution in [2.24, 2.45) is 0 Å². The van der Waals surface area contributed by atoms with Crippen LogP contribution in [-0.4, -0.2) is 50.6 Å². The smallest absolute Gasteiger partial charge is 0.477 e. The number of piperidine rings is 1. The lowest BCUT2D eigenvalue weighted by Crippen LogP contribution is -2.62. The van der Waals surface area contributed by atoms with Crippen molar-refractivity contribution >= 4 is 11.7 Å². The highest BCUT2D eigenvalue weighted by Crippen LogP contribution is 2.47. The van der Waals surface area contributed by atoms with E-state index in [0.29, 0.717) is 34.8 Å². The molecule has 45 heavy (non-hydrogen) atoms. The summed E-state index contributed by atoms with van der Waals surface area (Å²) in [5.41, 5.74) is 3.97. The number of para-hydroxylation sites is 1. The minimum atomic E-state index is -4.83. The van der Waals surface area contributed by atoms with Crippen LogP contribution < -0.4 is 9.64 Å². The summed E-state index contributed by atoms with van der Waals surface area (Å²) < 4.78 is 57.2. The van der Waals surface area contributed by atoms with Gasteiger partial charge in [0, 0.05) is 46.4 Å². The first kappa shape index (κ1) is 29.4. The molecular formula is C33H33F3N4O5. The molecule has 9 nitrogen and oxygen atoms in total. The lowest BCUT2D eigenvalue weighted by Gasteiger charge is -2.56. The van der Waals surface area contributed by atoms with E-state index in [2.05, 4.69) is 32.0 Å². The molecule has 4 aromatic rings. The summed E-state index contributed by atoms with van der Waals surface area (Å²) in [4.78, 5) is 14.1. The standard InChI is InChI=1S/C33H33F3N4O5/c1-18(2)40-28(32(41)42)16-27(37-40)19-9-11-21(12-10-19)39-22-13-23(39)15-24(14-22)43-17-26-30(38-45-31(26)20-7-8-20)25-5-3-4-6-29(25)44-33(34,35)36/h3-6,9-12,16,18,20,22-24H,7-8,13-15,17H2,1-2H3,(H,41,42)/t22-,23?,24+/m1/s1. The van der Waals surface area contributed by atoms with Crippen molar-refractivity contribution in [1.82, 2.24) is 14.9 Å². The van der Waals surface area contributed by atoms with Gasteiger partial charge < -0.3 is 24.0 Å². The van der Waals surface area contributed by atoms with E-state index >= 15 is 0 Å². The number of aromatic nitrogens is 3. The highest BCUT2D eigenvalue weighted by molar-refractivity contribution is 5.87. The van der Waals surface area contributed by atoms with E-state index < -0.39 is 12.3 Å². The third-order valence-electron chi connectivity index (χ3n) is 8.90. The fourth-order valence-electron chi connectivity index (χ4n) is 6.69. The normalized spacial score (nSPS) is 21.2. The highest BCUT2D eigenvalue weighted by Gasteiger charge is 2.46. The Kier molecular flexibility index (Phi) is 7.34. The number of nitrogens with zero attached hydrogens (tertiary/aromatic N) is 4. The lowest BCUT2D eigenvalue weighted by molar-refractivity contribution is -0.274. The van der Waals surface area contributed by atoms with Crippen LogP contribution in [0.5, 0.6) is 5.75 Å². The van der Waals surface area contributed by atoms with Gasteiger partial charge in [0.05, 0.1) is 18.4 Å². The summed E-state index contributed by atoms with van der Waals surface area (Å²) in [5, 5.41) is 18.3. The van der Waals surface area contributed by atoms with E-state index in [1.165, 1.54) is 16.8 Å². The van der Waals surface area contributed by atoms with Crippen molar-refractivity contribution in [3.05, 3.63) is 71.6 Å². The third-order valence-corrected chi connectivity index (χ3v) is 8.90. The molecule has 2 aliphatic carbocycles. The Labute approximate surface area is 257 Å². The third kappa shape index (κ3) is 5.79. The molecule has 4 aliphatic rings. The van der Waals surface area contributed by atoms with Gasteiger partial charge in [-0.05, 0) is 76.3 Å². The second-order valence-corrected chi connectivity index (χ2v) is 12.4. The van der Waals surface area contributed by atoms with Crippen LogP contribution in [0.25, 0.3) is 22.5 Å². The second-order valence-electron chi connectivity index (χ2n) is 12.4. The highest BCUT2D eigenvalue weighted by atomic mass is 19.4. The largest absolute Gasteiger partial charge is 0.573 e. The number of rotatable bonds is 10. The Morgan fingerprint density at radius 2 is 1.78 bits per heavy atom. The van der Waals surface area contributed by atoms with Gasteiger partial charge in [0.25, 0.3) is 0 Å². The number of hydrogen-bond acceptors (Lipinski definition) is 7. The predicted molar refractivity (Wildman–Crippen MR) is 158 cm³/mol. The van der Waals surface area contributed by atoms with Gasteiger partial charge in [-0.2, -0.15) is 5.10 Å². The van der Waals surface area contributed by atoms with Gasteiger partial charge in [0.15, 0.2) is 0 Å². The molecule has 12 heteroatoms. The van der Waals surface area contributed by atoms with Crippen LogP contribution in [0.1, 0.15) is 79.7 Å². The average Bonchev–Trinajstić information content (AvgIpc) is 3.58. The molecule has 2 aromatic heterocycles. The minimum absolute atomic E-state index is 0.00446. The van der Waals surface area contributed by atoms with Crippen molar-refractivity contribution in [2.75, 3.05) is 4.90 Å². The summed E-state index contributed by atoms with van der Waals surface area (Å²) in [6.07, 6.45) is -0.218. The molecule has 1 unspecified atom stereocenters. The predicted octanol–water partition coefficient (Wildman–Crippen LogP) is 7.59. The number of carbonyl (C=O) groups is 1. The molecule has 0 spiro atoms. The van der Waals surface area contributed by atoms with E-state index in [1.807, 2.05) is 26.0 Å². The molecule has 4 heterocycles. The summed E-state index contributed by atoms with van der Waals surface area (Å²) in [6, 6.07) is 16.2. The minimum Gasteiger partial charge on any atom is -0.477 e. The second kappa shape index (κ2) is 11.2. The van der Waals surface area contributed by atoms with Gasteiger partial charge in [-0.1, -0.05) is 29.4 Å². The molecule has 3 atom stereocenters. The summed E-state index contributed by atoms with van der Waals surface area (Å²) in [5.74, 6) is -0.441. The van der Waals surface area contributed by atoms with Crippen LogP contribution in [-0.2, 0) is 11.3 Å². The summed E-state index contributed by atoms with van der Waals surface area (Å²) >= 11 is 0. The van der Waals surface area contributed by atoms with Gasteiger partial charge >= 0.3 is 12.3 Å². The zero-order valence-electron chi connectivity index (χ0n) is 24.8. The van der Waals surface area contributed by atoms with Crippen molar-refractivity contribution in [1.29, 1.82) is 0 Å². The number of alkyl halides is 3. The SMILES string of the molecule is CC(C)n1nc(-c2ccc(N3C4C[C@@H](OCc5c(-c6ccccc6OC(F)(F)F)noc5C5CC5)C[C@H]3C4)cc2)cc1C(=O)O. The molecule has 2 aromatic carbocycles. The zero-order valence-corrected chi connectivity index (χ0v) is 24.8. The maximum atomic E-state index is 13.1. The Morgan fingerprint density at radius 1 is 1.07 bits per heavy atom. The fourth-order valence-corrected chi connectivity index (χ4v) is 6.69. The Balaban J connectivity index is 1.03. The number of ether oxygens (including phenoxy) is 2. The van der Waals surface area contributed by atoms with Crippen LogP contribution in [0.3, 0.4) is 0 Å². The first-order chi connectivity index (χ1) is 21.6. The number of hydrogen-bond donors (Lipinski definition) is 1. The summed E-state index contributed by atoms with van der Waals surface area (Å²) in [6.45, 7) is 4.00. The van der Waals surface area contributed by atoms with Gasteiger partial charge in [0.1, 0.15) is 22.9 Å². The molecule has 2 saturated carbocycles. The van der Waals surface area contributed by atoms with Gasteiger partial charge in [-0.25, -0.2) is 4.79 Å². The Bertz CT molecular complexity index is 1700. The number of carboxylic acid groups (broad SMARTS) is 1. The Morgan fingerprint density at radius 3 is 2.40 bits per heavy atom. The fraction of sp³-hybridized carbons (Fsp3) is 0.424. The molecule has 4 fully saturated rings. The molecule has 8 rings (SSSR count). The van der Waals surface area contributed by atoms with Gasteiger partial charge in [-0.3, -0.25) is 4.68 Å². The van der Waals surface area contributed by atoms with Crippen molar-refractivity contribution < 1.29 is 37.1 Å². The Hall–Kier alpha value is -4.32. The quantitative estimate of drug-likeness (QED) is 0.193. The van der Waals surface area contributed by atoms with E-state index in [0.717, 1.165) is 43.4 Å². The molecule has 2 bridgehead atoms. The molecule has 1 N–H and O–H groups in total. The lowest BCUT2D eigenvalue weighted by atomic mass is 9.77. The molecular weight excluding hydrogens is 589 g/mol. The van der Waals surface area contributed by atoms with E-state index in [-0.39, 0.29) is 41.7 Å². The monoisotopic (exact) mass is 622 g/mol. The van der Waals surface area contributed by atoms with Crippen LogP contribution >= 0.6 is 0 Å². The molecule has 2 aliphatic heterocycles. The molecule has 2 saturated heterocycles. The maximum absolute atomic E-state index is 13.1. The van der Waals surface area contributed by atoms with E-state index in [4.69, 9.17) is 9.26 Å². The molecule has 0 amide bonds. The van der Waals surface area contributed by atoms with Crippen molar-refractivity contribution in [3.63, 3.8) is 0 Å². The number of halogens is 3. The van der Waals surface area contributed by atoms with E-state index in [1.54, 1.807) is 18.2 Å². The maximum Gasteiger partial charge on any atom is 0.573 e. The topological polar surface area (TPSA) is 103 Å².